The van der Waals surface area contributed by atoms with Crippen LogP contribution in [0, 0.1) is 6.92 Å². The monoisotopic (exact) mass is 166 g/mol. The van der Waals surface area contributed by atoms with Gasteiger partial charge in [-0.1, -0.05) is 11.6 Å². The van der Waals surface area contributed by atoms with Gasteiger partial charge in [0.15, 0.2) is 0 Å². The van der Waals surface area contributed by atoms with Crippen LogP contribution < -0.4 is 4.74 Å². The molecule has 12 heavy (non-hydrogen) atoms. The second-order valence-electron chi connectivity index (χ2n) is 2.92. The van der Waals surface area contributed by atoms with Crippen molar-refractivity contribution in [2.75, 3.05) is 7.11 Å². The zero-order valence-corrected chi connectivity index (χ0v) is 7.66. The molecule has 0 bridgehead atoms. The Morgan fingerprint density at radius 1 is 1.42 bits per heavy atom. The van der Waals surface area contributed by atoms with Crippen molar-refractivity contribution < 1.29 is 9.84 Å². The molecular formula is C10H14O2. The van der Waals surface area contributed by atoms with E-state index in [1.54, 1.807) is 14.0 Å². The van der Waals surface area contributed by atoms with Crippen molar-refractivity contribution in [3.05, 3.63) is 29.3 Å². The number of rotatable bonds is 2. The predicted octanol–water partition coefficient (Wildman–Crippen LogP) is 2.06. The molecule has 0 spiro atoms. The highest BCUT2D eigenvalue weighted by atomic mass is 16.5. The number of aliphatic hydroxyl groups excluding tert-OH is 1. The number of methoxy groups -OCH3 is 1. The fraction of sp³-hybridized carbons (Fsp3) is 0.400. The summed E-state index contributed by atoms with van der Waals surface area (Å²) in [5.74, 6) is 0.746. The van der Waals surface area contributed by atoms with Gasteiger partial charge in [0.05, 0.1) is 13.2 Å². The van der Waals surface area contributed by atoms with Gasteiger partial charge in [-0.15, -0.1) is 0 Å². The average Bonchev–Trinajstić information content (AvgIpc) is 2.04. The highest BCUT2D eigenvalue weighted by Gasteiger charge is 2.07. The number of hydrogen-bond acceptors (Lipinski definition) is 2. The summed E-state index contributed by atoms with van der Waals surface area (Å²) in [6, 6.07) is 5.77. The quantitative estimate of drug-likeness (QED) is 0.728. The van der Waals surface area contributed by atoms with Gasteiger partial charge in [0, 0.05) is 5.56 Å². The van der Waals surface area contributed by atoms with E-state index in [0.29, 0.717) is 0 Å². The minimum atomic E-state index is -0.472. The van der Waals surface area contributed by atoms with E-state index in [4.69, 9.17) is 4.74 Å². The van der Waals surface area contributed by atoms with Crippen LogP contribution in [0.15, 0.2) is 18.2 Å². The van der Waals surface area contributed by atoms with Crippen LogP contribution in [-0.2, 0) is 0 Å². The van der Waals surface area contributed by atoms with Gasteiger partial charge >= 0.3 is 0 Å². The van der Waals surface area contributed by atoms with Crippen molar-refractivity contribution >= 4 is 0 Å². The molecule has 2 nitrogen and oxygen atoms in total. The first-order valence-corrected chi connectivity index (χ1v) is 3.97. The van der Waals surface area contributed by atoms with E-state index in [1.165, 1.54) is 0 Å². The number of benzene rings is 1. The van der Waals surface area contributed by atoms with Crippen molar-refractivity contribution in [2.45, 2.75) is 20.0 Å². The summed E-state index contributed by atoms with van der Waals surface area (Å²) < 4.78 is 5.10. The molecule has 1 aromatic rings. The highest BCUT2D eigenvalue weighted by Crippen LogP contribution is 2.25. The van der Waals surface area contributed by atoms with E-state index in [0.717, 1.165) is 16.9 Å². The van der Waals surface area contributed by atoms with E-state index < -0.39 is 6.10 Å². The van der Waals surface area contributed by atoms with Crippen LogP contribution in [0.4, 0.5) is 0 Å². The molecule has 0 aliphatic heterocycles. The summed E-state index contributed by atoms with van der Waals surface area (Å²) in [4.78, 5) is 0. The maximum Gasteiger partial charge on any atom is 0.124 e. The maximum absolute atomic E-state index is 9.38. The second kappa shape index (κ2) is 3.59. The lowest BCUT2D eigenvalue weighted by atomic mass is 10.1. The Labute approximate surface area is 72.8 Å². The average molecular weight is 166 g/mol. The molecule has 2 heteroatoms. The molecule has 0 amide bonds. The first-order chi connectivity index (χ1) is 5.65. The Morgan fingerprint density at radius 3 is 2.58 bits per heavy atom. The molecule has 66 valence electrons. The molecule has 1 atom stereocenters. The maximum atomic E-state index is 9.38. The van der Waals surface area contributed by atoms with Gasteiger partial charge in [-0.2, -0.15) is 0 Å². The second-order valence-corrected chi connectivity index (χ2v) is 2.92. The van der Waals surface area contributed by atoms with Gasteiger partial charge in [-0.05, 0) is 26.0 Å². The third-order valence-corrected chi connectivity index (χ3v) is 1.84. The molecule has 0 fully saturated rings. The molecule has 0 saturated carbocycles. The van der Waals surface area contributed by atoms with Gasteiger partial charge in [0.1, 0.15) is 5.75 Å². The molecule has 0 aliphatic carbocycles. The minimum Gasteiger partial charge on any atom is -0.496 e. The van der Waals surface area contributed by atoms with E-state index in [2.05, 4.69) is 0 Å². The summed E-state index contributed by atoms with van der Waals surface area (Å²) in [5.41, 5.74) is 1.98. The number of aliphatic hydroxyl groups is 1. The van der Waals surface area contributed by atoms with E-state index in [1.807, 2.05) is 25.1 Å². The lowest BCUT2D eigenvalue weighted by molar-refractivity contribution is 0.194. The lowest BCUT2D eigenvalue weighted by Gasteiger charge is -2.11. The molecule has 0 heterocycles. The van der Waals surface area contributed by atoms with Crippen molar-refractivity contribution in [1.82, 2.24) is 0 Å². The number of aryl methyl sites for hydroxylation is 1. The van der Waals surface area contributed by atoms with Crippen LogP contribution in [0.3, 0.4) is 0 Å². The van der Waals surface area contributed by atoms with Crippen LogP contribution >= 0.6 is 0 Å². The Morgan fingerprint density at radius 2 is 2.08 bits per heavy atom. The molecule has 1 rings (SSSR count). The third kappa shape index (κ3) is 1.77. The van der Waals surface area contributed by atoms with Crippen LogP contribution in [0.5, 0.6) is 5.75 Å². The standard InChI is InChI=1S/C10H14O2/c1-7-4-5-10(12-3)9(6-7)8(2)11/h4-6,8,11H,1-3H3. The van der Waals surface area contributed by atoms with Crippen molar-refractivity contribution in [1.29, 1.82) is 0 Å². The Hall–Kier alpha value is -1.02. The summed E-state index contributed by atoms with van der Waals surface area (Å²) in [7, 11) is 1.61. The molecule has 1 unspecified atom stereocenters. The Bertz CT molecular complexity index is 267. The molecule has 1 aromatic carbocycles. The fourth-order valence-electron chi connectivity index (χ4n) is 1.18. The van der Waals surface area contributed by atoms with Crippen molar-refractivity contribution in [3.8, 4) is 5.75 Å². The molecule has 0 aliphatic rings. The van der Waals surface area contributed by atoms with Gasteiger partial charge in [0.2, 0.25) is 0 Å². The topological polar surface area (TPSA) is 29.5 Å². The molecule has 0 aromatic heterocycles. The summed E-state index contributed by atoms with van der Waals surface area (Å²) in [5, 5.41) is 9.38. The van der Waals surface area contributed by atoms with Gasteiger partial charge < -0.3 is 9.84 Å². The summed E-state index contributed by atoms with van der Waals surface area (Å²) >= 11 is 0. The minimum absolute atomic E-state index is 0.472. The Kier molecular flexibility index (Phi) is 2.71. The predicted molar refractivity (Wildman–Crippen MR) is 48.4 cm³/mol. The number of ether oxygens (including phenoxy) is 1. The van der Waals surface area contributed by atoms with E-state index >= 15 is 0 Å². The number of hydrogen-bond donors (Lipinski definition) is 1. The molecule has 1 N–H and O–H groups in total. The zero-order chi connectivity index (χ0) is 9.14. The normalized spacial score (nSPS) is 12.7. The largest absolute Gasteiger partial charge is 0.496 e. The first kappa shape index (κ1) is 9.07. The van der Waals surface area contributed by atoms with Crippen molar-refractivity contribution in [2.24, 2.45) is 0 Å². The van der Waals surface area contributed by atoms with Crippen LogP contribution in [0.1, 0.15) is 24.2 Å². The zero-order valence-electron chi connectivity index (χ0n) is 7.66. The molecule has 0 radical (unpaired) electrons. The fourth-order valence-corrected chi connectivity index (χ4v) is 1.18. The van der Waals surface area contributed by atoms with E-state index in [-0.39, 0.29) is 0 Å². The van der Waals surface area contributed by atoms with E-state index in [9.17, 15) is 5.11 Å². The smallest absolute Gasteiger partial charge is 0.124 e. The SMILES string of the molecule is COc1ccc(C)cc1C(C)O. The first-order valence-electron chi connectivity index (χ1n) is 3.97. The Balaban J connectivity index is 3.12. The van der Waals surface area contributed by atoms with Crippen LogP contribution in [-0.4, -0.2) is 12.2 Å². The summed E-state index contributed by atoms with van der Waals surface area (Å²) in [6.45, 7) is 3.72. The van der Waals surface area contributed by atoms with Gasteiger partial charge in [-0.3, -0.25) is 0 Å². The molecule has 0 saturated heterocycles. The van der Waals surface area contributed by atoms with Crippen LogP contribution in [0.25, 0.3) is 0 Å². The van der Waals surface area contributed by atoms with Crippen LogP contribution in [0.2, 0.25) is 0 Å². The lowest BCUT2D eigenvalue weighted by Crippen LogP contribution is -1.96. The highest BCUT2D eigenvalue weighted by molar-refractivity contribution is 5.37. The van der Waals surface area contributed by atoms with Crippen molar-refractivity contribution in [3.63, 3.8) is 0 Å². The van der Waals surface area contributed by atoms with Gasteiger partial charge in [-0.25, -0.2) is 0 Å². The van der Waals surface area contributed by atoms with Gasteiger partial charge in [0.25, 0.3) is 0 Å². The third-order valence-electron chi connectivity index (χ3n) is 1.84. The summed E-state index contributed by atoms with van der Waals surface area (Å²) in [6.07, 6.45) is -0.472. The molecular weight excluding hydrogens is 152 g/mol.